The highest BCUT2D eigenvalue weighted by atomic mass is 32.2. The molecule has 23 nitrogen and oxygen atoms in total. The van der Waals surface area contributed by atoms with Gasteiger partial charge in [-0.3, -0.25) is 43.2 Å². The number of primary amides is 1. The highest BCUT2D eigenvalue weighted by Gasteiger charge is 2.48. The van der Waals surface area contributed by atoms with Crippen LogP contribution < -0.4 is 47.7 Å². The molecule has 1 aromatic carbocycles. The predicted octanol–water partition coefficient (Wildman–Crippen LogP) is 1.43. The average molecular weight is 1150 g/mol. The van der Waals surface area contributed by atoms with Crippen LogP contribution in [-0.4, -0.2) is 172 Å². The number of aromatic amines is 1. The summed E-state index contributed by atoms with van der Waals surface area (Å²) in [4.78, 5) is 133. The van der Waals surface area contributed by atoms with Crippen molar-refractivity contribution >= 4 is 92.5 Å². The van der Waals surface area contributed by atoms with Crippen molar-refractivity contribution < 1.29 is 61.8 Å². The fourth-order valence-corrected chi connectivity index (χ4v) is 12.4. The van der Waals surface area contributed by atoms with Gasteiger partial charge >= 0.3 is 0 Å². The number of rotatable bonds is 12. The van der Waals surface area contributed by atoms with Gasteiger partial charge in [-0.05, 0) is 59.9 Å². The van der Waals surface area contributed by atoms with Crippen LogP contribution in [0.15, 0.2) is 23.2 Å². The molecule has 3 aliphatic heterocycles. The normalized spacial score (nSPS) is 25.5. The van der Waals surface area contributed by atoms with Gasteiger partial charge in [0.05, 0.1) is 56.0 Å². The molecule has 78 heavy (non-hydrogen) atoms. The van der Waals surface area contributed by atoms with Crippen molar-refractivity contribution in [1.29, 1.82) is 0 Å². The van der Waals surface area contributed by atoms with Crippen molar-refractivity contribution in [3.8, 4) is 5.75 Å². The molecule has 3 aliphatic rings. The van der Waals surface area contributed by atoms with E-state index in [1.54, 1.807) is 39.0 Å². The monoisotopic (exact) mass is 1140 g/mol. The number of H-pyrrole nitrogens is 1. The molecule has 0 aliphatic carbocycles. The van der Waals surface area contributed by atoms with Gasteiger partial charge in [0.15, 0.2) is 16.6 Å². The number of carbonyl (C=O) groups excluding carboxylic acids is 9. The molecule has 9 amide bonds. The first-order chi connectivity index (χ1) is 36.2. The lowest BCUT2D eigenvalue weighted by Gasteiger charge is -2.44. The minimum Gasteiger partial charge on any atom is -0.497 e. The SMILES string of the molecule is CC[C@H](C)[C@@H]1NC(=O)CNC(=O)[C@@H]2Cc3c([nH]c4cc(OC)ccc34)SC[C@@H](NC(=O)CNC1=O)C(=O)NC(CC(N)=O)C(=O)N1C[C@H](O)CC1C(=O)N[C@H]([C@@H](C)C(CO[Si](C)(C)C(C)(C)C)O[Si](C)(C)C(C)(C)C)C(=O)N2. The molecule has 3 unspecified atom stereocenters. The van der Waals surface area contributed by atoms with Gasteiger partial charge in [0, 0.05) is 42.5 Å². The molecule has 1 saturated heterocycles. The van der Waals surface area contributed by atoms with Gasteiger partial charge in [-0.15, -0.1) is 11.8 Å². The minimum atomic E-state index is -2.72. The summed E-state index contributed by atoms with van der Waals surface area (Å²) >= 11 is 1.05. The Bertz CT molecular complexity index is 2590. The predicted molar refractivity (Wildman–Crippen MR) is 299 cm³/mol. The van der Waals surface area contributed by atoms with E-state index >= 15 is 9.59 Å². The Morgan fingerprint density at radius 2 is 1.44 bits per heavy atom. The fraction of sp³-hybridized carbons (Fsp3) is 0.673. The second-order valence-electron chi connectivity index (χ2n) is 23.9. The molecule has 2 aromatic rings. The lowest BCUT2D eigenvalue weighted by molar-refractivity contribution is -0.144. The summed E-state index contributed by atoms with van der Waals surface area (Å²) in [5, 5.41) is 30.3. The smallest absolute Gasteiger partial charge is 0.246 e. The van der Waals surface area contributed by atoms with Crippen molar-refractivity contribution in [3.63, 3.8) is 0 Å². The largest absolute Gasteiger partial charge is 0.497 e. The van der Waals surface area contributed by atoms with E-state index in [-0.39, 0.29) is 35.3 Å². The first-order valence-electron chi connectivity index (χ1n) is 26.6. The topological polar surface area (TPSA) is 331 Å². The summed E-state index contributed by atoms with van der Waals surface area (Å²) < 4.78 is 19.5. The minimum absolute atomic E-state index is 0.0145. The summed E-state index contributed by atoms with van der Waals surface area (Å²) in [5.74, 6) is -8.93. The number of fused-ring (bicyclic) bond motifs is 5. The van der Waals surface area contributed by atoms with Crippen molar-refractivity contribution in [3.05, 3.63) is 23.8 Å². The van der Waals surface area contributed by atoms with Gasteiger partial charge in [0.2, 0.25) is 53.2 Å². The van der Waals surface area contributed by atoms with Crippen molar-refractivity contribution in [2.24, 2.45) is 17.6 Å². The van der Waals surface area contributed by atoms with Crippen LogP contribution in [0.4, 0.5) is 0 Å². The molecule has 1 fully saturated rings. The van der Waals surface area contributed by atoms with Crippen LogP contribution in [-0.2, 0) is 58.4 Å². The molecule has 10 atom stereocenters. The third-order valence-corrected chi connectivity index (χ3v) is 26.2. The van der Waals surface area contributed by atoms with E-state index in [4.69, 9.17) is 19.3 Å². The molecular weight excluding hydrogens is 1060 g/mol. The fourth-order valence-electron chi connectivity index (χ4n) is 8.86. The number of thioether (sulfide) groups is 1. The first kappa shape index (κ1) is 63.3. The number of aliphatic hydroxyl groups is 1. The average Bonchev–Trinajstić information content (AvgIpc) is 3.92. The molecule has 0 radical (unpaired) electrons. The Hall–Kier alpha value is -5.55. The second-order valence-corrected chi connectivity index (χ2v) is 34.5. The number of nitrogens with two attached hydrogens (primary N) is 1. The van der Waals surface area contributed by atoms with E-state index in [2.05, 4.69) is 110 Å². The van der Waals surface area contributed by atoms with Crippen LogP contribution in [0.2, 0.25) is 36.3 Å². The van der Waals surface area contributed by atoms with E-state index in [9.17, 15) is 38.7 Å². The standard InChI is InChI=1S/C52H84N10O13SSi2/c1-15-27(2)42-47(70)55-22-40(65)56-36-26-76-49-32(31-17-16-30(73-10)19-33(31)59-49)20-34(44(67)54-23-41(66)60-42)57-48(71)43(28(3)38(75-78(13,14)52(7,8)9)25-74-77(11,12)51(4,5)6)61-46(69)37-18-29(63)24-62(37)50(72)35(21-39(53)64)58-45(36)68/h16-17,19,27-29,34-38,42-43,59,63H,15,18,20-26H2,1-14H3,(H2,53,64)(H,54,67)(H,55,70)(H,56,65)(H,57,71)(H,58,68)(H,60,66)(H,61,69)/t27-,28-,29+,34-,35?,36+,37?,38?,42-,43+/m0/s1. The zero-order valence-electron chi connectivity index (χ0n) is 47.6. The second kappa shape index (κ2) is 25.7. The molecule has 4 heterocycles. The highest BCUT2D eigenvalue weighted by molar-refractivity contribution is 7.99. The summed E-state index contributed by atoms with van der Waals surface area (Å²) in [7, 11) is -3.74. The number of benzene rings is 1. The number of amides is 9. The van der Waals surface area contributed by atoms with Gasteiger partial charge < -0.3 is 71.5 Å². The molecular formula is C52H84N10O13SSi2. The Balaban J connectivity index is 1.78. The maximum absolute atomic E-state index is 15.6. The zero-order chi connectivity index (χ0) is 58.4. The third-order valence-electron chi connectivity index (χ3n) is 16.1. The van der Waals surface area contributed by atoms with Crippen LogP contribution in [0.5, 0.6) is 5.75 Å². The molecule has 0 saturated carbocycles. The number of aliphatic hydroxyl groups excluding tert-OH is 1. The lowest BCUT2D eigenvalue weighted by atomic mass is 9.93. The van der Waals surface area contributed by atoms with Crippen LogP contribution in [0.1, 0.15) is 87.1 Å². The quantitative estimate of drug-likeness (QED) is 0.135. The summed E-state index contributed by atoms with van der Waals surface area (Å²) in [6.07, 6.45) is -3.01. The van der Waals surface area contributed by atoms with Gasteiger partial charge in [-0.1, -0.05) is 68.7 Å². The van der Waals surface area contributed by atoms with Crippen molar-refractivity contribution in [2.75, 3.05) is 39.1 Å². The summed E-state index contributed by atoms with van der Waals surface area (Å²) in [6.45, 7) is 24.3. The maximum atomic E-state index is 15.6. The van der Waals surface area contributed by atoms with E-state index in [0.29, 0.717) is 33.7 Å². The summed E-state index contributed by atoms with van der Waals surface area (Å²) in [5.41, 5.74) is 6.67. The maximum Gasteiger partial charge on any atom is 0.246 e. The number of hydrogen-bond donors (Lipinski definition) is 10. The number of nitrogens with zero attached hydrogens (tertiary/aromatic N) is 1. The highest BCUT2D eigenvalue weighted by Crippen LogP contribution is 2.41. The van der Waals surface area contributed by atoms with Gasteiger partial charge in [-0.2, -0.15) is 0 Å². The molecule has 0 spiro atoms. The Morgan fingerprint density at radius 3 is 2.04 bits per heavy atom. The number of methoxy groups -OCH3 is 1. The van der Waals surface area contributed by atoms with E-state index in [1.807, 2.05) is 0 Å². The van der Waals surface area contributed by atoms with Gasteiger partial charge in [0.25, 0.3) is 0 Å². The van der Waals surface area contributed by atoms with E-state index in [0.717, 1.165) is 16.7 Å². The van der Waals surface area contributed by atoms with Crippen molar-refractivity contribution in [2.45, 2.75) is 178 Å². The number of ether oxygens (including phenoxy) is 1. The number of aromatic nitrogens is 1. The third kappa shape index (κ3) is 15.6. The molecule has 1 aromatic heterocycles. The Morgan fingerprint density at radius 1 is 0.808 bits per heavy atom. The van der Waals surface area contributed by atoms with Gasteiger partial charge in [0.1, 0.15) is 42.0 Å². The van der Waals surface area contributed by atoms with E-state index < -0.39 is 156 Å². The van der Waals surface area contributed by atoms with Crippen molar-refractivity contribution in [1.82, 2.24) is 47.1 Å². The zero-order valence-corrected chi connectivity index (χ0v) is 50.5. The van der Waals surface area contributed by atoms with E-state index in [1.165, 1.54) is 7.11 Å². The molecule has 11 N–H and O–H groups in total. The lowest BCUT2D eigenvalue weighted by Crippen LogP contribution is -2.62. The van der Waals surface area contributed by atoms with Crippen LogP contribution in [0.25, 0.3) is 10.9 Å². The number of hydrogen-bond acceptors (Lipinski definition) is 14. The molecule has 5 rings (SSSR count). The van der Waals surface area contributed by atoms with Crippen LogP contribution in [0.3, 0.4) is 0 Å². The Labute approximate surface area is 463 Å². The van der Waals surface area contributed by atoms with Gasteiger partial charge in [-0.25, -0.2) is 0 Å². The summed E-state index contributed by atoms with van der Waals surface area (Å²) in [6, 6.07) is -3.73. The molecule has 26 heteroatoms. The van der Waals surface area contributed by atoms with Crippen LogP contribution in [0, 0.1) is 11.8 Å². The molecule has 2 bridgehead atoms. The number of carbonyl (C=O) groups is 9. The van der Waals surface area contributed by atoms with Crippen LogP contribution >= 0.6 is 11.8 Å². The first-order valence-corrected chi connectivity index (χ1v) is 33.4. The number of nitrogens with one attached hydrogen (secondary N) is 8. The Kier molecular flexibility index (Phi) is 20.9. The molecule has 434 valence electrons.